The smallest absolute Gasteiger partial charge is 0.414 e. The molecular weight excluding hydrogens is 276 g/mol. The maximum absolute atomic E-state index is 11.6. The highest BCUT2D eigenvalue weighted by Crippen LogP contribution is 2.14. The largest absolute Gasteiger partial charge is 0.477 e. The Morgan fingerprint density at radius 2 is 1.90 bits per heavy atom. The van der Waals surface area contributed by atoms with Crippen molar-refractivity contribution in [3.8, 4) is 0 Å². The van der Waals surface area contributed by atoms with Crippen LogP contribution in [0.2, 0.25) is 0 Å². The maximum atomic E-state index is 11.6. The first-order valence-electron chi connectivity index (χ1n) is 6.11. The third-order valence-corrected chi connectivity index (χ3v) is 2.30. The SMILES string of the molecule is CC(C)(C)OC(=O)Nc1ncc2cnc(C(=O)O)cc2n1. The molecule has 0 unspecified atom stereocenters. The Hall–Kier alpha value is -2.77. The predicted octanol–water partition coefficient (Wildman–Crippen LogP) is 2.07. The van der Waals surface area contributed by atoms with Gasteiger partial charge in [0, 0.05) is 17.8 Å². The topological polar surface area (TPSA) is 114 Å². The van der Waals surface area contributed by atoms with Gasteiger partial charge < -0.3 is 9.84 Å². The first kappa shape index (κ1) is 14.6. The van der Waals surface area contributed by atoms with E-state index in [1.807, 2.05) is 0 Å². The van der Waals surface area contributed by atoms with Crippen molar-refractivity contribution in [3.63, 3.8) is 0 Å². The second-order valence-corrected chi connectivity index (χ2v) is 5.25. The van der Waals surface area contributed by atoms with Gasteiger partial charge in [-0.3, -0.25) is 5.32 Å². The van der Waals surface area contributed by atoms with Crippen molar-refractivity contribution >= 4 is 28.9 Å². The summed E-state index contributed by atoms with van der Waals surface area (Å²) in [5.41, 5.74) is -0.408. The minimum absolute atomic E-state index is 0.0271. The molecule has 0 radical (unpaired) electrons. The first-order valence-corrected chi connectivity index (χ1v) is 6.11. The average Bonchev–Trinajstić information content (AvgIpc) is 2.35. The second-order valence-electron chi connectivity index (χ2n) is 5.25. The molecular formula is C13H14N4O4. The molecule has 0 aliphatic rings. The molecule has 8 nitrogen and oxygen atoms in total. The van der Waals surface area contributed by atoms with Crippen LogP contribution in [0.1, 0.15) is 31.3 Å². The Kier molecular flexibility index (Phi) is 3.70. The summed E-state index contributed by atoms with van der Waals surface area (Å²) in [6.45, 7) is 5.20. The lowest BCUT2D eigenvalue weighted by molar-refractivity contribution is 0.0632. The van der Waals surface area contributed by atoms with Crippen molar-refractivity contribution in [3.05, 3.63) is 24.2 Å². The molecule has 2 rings (SSSR count). The number of fused-ring (bicyclic) bond motifs is 1. The van der Waals surface area contributed by atoms with E-state index in [9.17, 15) is 9.59 Å². The number of carboxylic acids is 1. The quantitative estimate of drug-likeness (QED) is 0.869. The molecule has 0 spiro atoms. The van der Waals surface area contributed by atoms with Crippen LogP contribution in [0.25, 0.3) is 10.9 Å². The summed E-state index contributed by atoms with van der Waals surface area (Å²) in [5.74, 6) is -1.13. The first-order chi connectivity index (χ1) is 9.74. The Bertz CT molecular complexity index is 709. The number of carbonyl (C=O) groups is 2. The number of anilines is 1. The molecule has 1 amide bonds. The van der Waals surface area contributed by atoms with E-state index in [0.717, 1.165) is 0 Å². The van der Waals surface area contributed by atoms with Crippen LogP contribution in [0.3, 0.4) is 0 Å². The van der Waals surface area contributed by atoms with Gasteiger partial charge in [-0.25, -0.2) is 24.5 Å². The van der Waals surface area contributed by atoms with Crippen molar-refractivity contribution in [2.45, 2.75) is 26.4 Å². The average molecular weight is 290 g/mol. The van der Waals surface area contributed by atoms with Crippen LogP contribution in [0.15, 0.2) is 18.5 Å². The van der Waals surface area contributed by atoms with Crippen LogP contribution in [-0.2, 0) is 4.74 Å². The van der Waals surface area contributed by atoms with Gasteiger partial charge in [-0.1, -0.05) is 0 Å². The Morgan fingerprint density at radius 3 is 2.52 bits per heavy atom. The van der Waals surface area contributed by atoms with Crippen LogP contribution in [0.5, 0.6) is 0 Å². The minimum Gasteiger partial charge on any atom is -0.477 e. The number of carbonyl (C=O) groups excluding carboxylic acids is 1. The highest BCUT2D eigenvalue weighted by Gasteiger charge is 2.17. The molecule has 2 heterocycles. The summed E-state index contributed by atoms with van der Waals surface area (Å²) in [4.78, 5) is 34.2. The Labute approximate surface area is 120 Å². The molecule has 2 aromatic heterocycles. The van der Waals surface area contributed by atoms with Crippen LogP contribution < -0.4 is 5.32 Å². The van der Waals surface area contributed by atoms with E-state index >= 15 is 0 Å². The van der Waals surface area contributed by atoms with E-state index in [1.165, 1.54) is 18.5 Å². The number of nitrogens with zero attached hydrogens (tertiary/aromatic N) is 3. The molecule has 0 aliphatic heterocycles. The summed E-state index contributed by atoms with van der Waals surface area (Å²) in [6.07, 6.45) is 2.11. The summed E-state index contributed by atoms with van der Waals surface area (Å²) >= 11 is 0. The second kappa shape index (κ2) is 5.31. The van der Waals surface area contributed by atoms with Crippen LogP contribution >= 0.6 is 0 Å². The van der Waals surface area contributed by atoms with Crippen molar-refractivity contribution in [2.24, 2.45) is 0 Å². The zero-order valence-corrected chi connectivity index (χ0v) is 11.7. The molecule has 0 saturated carbocycles. The number of rotatable bonds is 2. The van der Waals surface area contributed by atoms with E-state index in [-0.39, 0.29) is 11.6 Å². The number of nitrogens with one attached hydrogen (secondary N) is 1. The number of hydrogen-bond donors (Lipinski definition) is 2. The highest BCUT2D eigenvalue weighted by molar-refractivity contribution is 5.91. The number of carboxylic acid groups (broad SMARTS) is 1. The Balaban J connectivity index is 2.25. The molecule has 0 saturated heterocycles. The van der Waals surface area contributed by atoms with Gasteiger partial charge in [0.25, 0.3) is 0 Å². The molecule has 2 aromatic rings. The van der Waals surface area contributed by atoms with E-state index < -0.39 is 17.7 Å². The third-order valence-electron chi connectivity index (χ3n) is 2.30. The molecule has 0 bridgehead atoms. The van der Waals surface area contributed by atoms with E-state index in [0.29, 0.717) is 10.9 Å². The number of amides is 1. The molecule has 0 atom stereocenters. The maximum Gasteiger partial charge on any atom is 0.414 e. The fourth-order valence-corrected chi connectivity index (χ4v) is 1.50. The molecule has 8 heteroatoms. The molecule has 110 valence electrons. The van der Waals surface area contributed by atoms with Crippen molar-refractivity contribution in [1.29, 1.82) is 0 Å². The molecule has 21 heavy (non-hydrogen) atoms. The normalized spacial score (nSPS) is 11.2. The van der Waals surface area contributed by atoms with E-state index in [2.05, 4.69) is 20.3 Å². The summed E-state index contributed by atoms with van der Waals surface area (Å²) in [6, 6.07) is 1.31. The number of ether oxygens (including phenoxy) is 1. The highest BCUT2D eigenvalue weighted by atomic mass is 16.6. The van der Waals surface area contributed by atoms with E-state index in [1.54, 1.807) is 20.8 Å². The van der Waals surface area contributed by atoms with Gasteiger partial charge in [0.2, 0.25) is 5.95 Å². The molecule has 0 aromatic carbocycles. The third kappa shape index (κ3) is 3.85. The number of aromatic carboxylic acids is 1. The van der Waals surface area contributed by atoms with Crippen molar-refractivity contribution in [1.82, 2.24) is 15.0 Å². The van der Waals surface area contributed by atoms with Crippen molar-refractivity contribution < 1.29 is 19.4 Å². The fourth-order valence-electron chi connectivity index (χ4n) is 1.50. The Morgan fingerprint density at radius 1 is 1.24 bits per heavy atom. The zero-order valence-electron chi connectivity index (χ0n) is 11.7. The van der Waals surface area contributed by atoms with Gasteiger partial charge in [0.1, 0.15) is 11.3 Å². The van der Waals surface area contributed by atoms with Crippen LogP contribution in [-0.4, -0.2) is 37.7 Å². The monoisotopic (exact) mass is 290 g/mol. The lowest BCUT2D eigenvalue weighted by Crippen LogP contribution is -2.27. The van der Waals surface area contributed by atoms with Gasteiger partial charge in [-0.05, 0) is 26.8 Å². The summed E-state index contributed by atoms with van der Waals surface area (Å²) < 4.78 is 5.08. The van der Waals surface area contributed by atoms with E-state index in [4.69, 9.17) is 9.84 Å². The lowest BCUT2D eigenvalue weighted by Gasteiger charge is -2.19. The molecule has 0 aliphatic carbocycles. The number of hydrogen-bond acceptors (Lipinski definition) is 6. The van der Waals surface area contributed by atoms with Crippen molar-refractivity contribution in [2.75, 3.05) is 5.32 Å². The fraction of sp³-hybridized carbons (Fsp3) is 0.308. The van der Waals surface area contributed by atoms with Gasteiger partial charge in [-0.15, -0.1) is 0 Å². The van der Waals surface area contributed by atoms with Crippen LogP contribution in [0, 0.1) is 0 Å². The zero-order chi connectivity index (χ0) is 15.6. The van der Waals surface area contributed by atoms with Gasteiger partial charge in [0.15, 0.2) is 0 Å². The lowest BCUT2D eigenvalue weighted by atomic mass is 10.2. The molecule has 0 fully saturated rings. The van der Waals surface area contributed by atoms with Gasteiger partial charge in [0.05, 0.1) is 5.52 Å². The number of pyridine rings is 1. The molecule has 2 N–H and O–H groups in total. The predicted molar refractivity (Wildman–Crippen MR) is 74.1 cm³/mol. The number of aromatic nitrogens is 3. The minimum atomic E-state index is -1.16. The summed E-state index contributed by atoms with van der Waals surface area (Å²) in [5, 5.41) is 11.8. The van der Waals surface area contributed by atoms with Gasteiger partial charge in [-0.2, -0.15) is 0 Å². The van der Waals surface area contributed by atoms with Crippen LogP contribution in [0.4, 0.5) is 10.7 Å². The standard InChI is InChI=1S/C13H14N4O4/c1-13(2,3)21-12(20)17-11-15-6-7-5-14-9(10(18)19)4-8(7)16-11/h4-6H,1-3H3,(H,18,19)(H,15,16,17,20). The van der Waals surface area contributed by atoms with Gasteiger partial charge >= 0.3 is 12.1 Å². The summed E-state index contributed by atoms with van der Waals surface area (Å²) in [7, 11) is 0.